The van der Waals surface area contributed by atoms with E-state index in [2.05, 4.69) is 12.1 Å². The summed E-state index contributed by atoms with van der Waals surface area (Å²) in [6.45, 7) is 1.97. The lowest BCUT2D eigenvalue weighted by atomic mass is 9.85. The first-order chi connectivity index (χ1) is 13.7. The number of aromatic nitrogens is 1. The number of hydrogen-bond donors (Lipinski definition) is 1. The Balaban J connectivity index is 1.87. The predicted octanol–water partition coefficient (Wildman–Crippen LogP) is 4.61. The minimum absolute atomic E-state index is 0.0206. The van der Waals surface area contributed by atoms with Crippen molar-refractivity contribution in [3.05, 3.63) is 59.5 Å². The summed E-state index contributed by atoms with van der Waals surface area (Å²) >= 11 is 0. The van der Waals surface area contributed by atoms with Gasteiger partial charge in [-0.1, -0.05) is 24.3 Å². The summed E-state index contributed by atoms with van der Waals surface area (Å²) in [6, 6.07) is 11.9. The Morgan fingerprint density at radius 2 is 2.07 bits per heavy atom. The van der Waals surface area contributed by atoms with Crippen LogP contribution in [0.25, 0.3) is 33.7 Å². The number of nitrogens with zero attached hydrogens (tertiary/aromatic N) is 1. The Hall–Kier alpha value is -3.54. The maximum atomic E-state index is 12.3. The van der Waals surface area contributed by atoms with Crippen LogP contribution in [0.5, 0.6) is 0 Å². The Morgan fingerprint density at radius 1 is 1.21 bits per heavy atom. The standard InChI is InChI=1S/C22H18N2O4/c1-2-26-22(25)20-18(23)17-16(15-8-5-11-27-15)14-10-9-12-6-3-4-7-13(12)19(14)24-21(17)28-20/h3-8,11H,2,9-10,23H2,1H3. The fraction of sp³-hybridized carbons (Fsp3) is 0.182. The zero-order chi connectivity index (χ0) is 19.3. The zero-order valence-corrected chi connectivity index (χ0v) is 15.3. The maximum absolute atomic E-state index is 12.3. The molecule has 1 aliphatic carbocycles. The molecule has 0 bridgehead atoms. The lowest BCUT2D eigenvalue weighted by Gasteiger charge is -2.21. The Labute approximate surface area is 160 Å². The van der Waals surface area contributed by atoms with Crippen LogP contribution in [0.3, 0.4) is 0 Å². The first kappa shape index (κ1) is 16.6. The van der Waals surface area contributed by atoms with Gasteiger partial charge < -0.3 is 19.3 Å². The molecule has 0 spiro atoms. The number of esters is 1. The molecule has 0 atom stereocenters. The van der Waals surface area contributed by atoms with Crippen LogP contribution in [0.2, 0.25) is 0 Å². The Kier molecular flexibility index (Phi) is 3.72. The molecule has 1 aromatic carbocycles. The summed E-state index contributed by atoms with van der Waals surface area (Å²) < 4.78 is 16.6. The number of aryl methyl sites for hydroxylation is 1. The van der Waals surface area contributed by atoms with E-state index >= 15 is 0 Å². The van der Waals surface area contributed by atoms with Gasteiger partial charge in [0.1, 0.15) is 5.76 Å². The number of carbonyl (C=O) groups excluding carboxylic acids is 1. The molecular formula is C22H18N2O4. The number of carbonyl (C=O) groups is 1. The van der Waals surface area contributed by atoms with Crippen molar-refractivity contribution in [2.75, 3.05) is 12.3 Å². The Morgan fingerprint density at radius 3 is 2.86 bits per heavy atom. The highest BCUT2D eigenvalue weighted by molar-refractivity contribution is 6.09. The molecule has 0 unspecified atom stereocenters. The average molecular weight is 374 g/mol. The molecule has 5 rings (SSSR count). The highest BCUT2D eigenvalue weighted by atomic mass is 16.5. The van der Waals surface area contributed by atoms with Crippen molar-refractivity contribution in [1.29, 1.82) is 0 Å². The quantitative estimate of drug-likeness (QED) is 0.527. The van der Waals surface area contributed by atoms with Crippen molar-refractivity contribution in [1.82, 2.24) is 4.98 Å². The van der Waals surface area contributed by atoms with Gasteiger partial charge in [-0.3, -0.25) is 0 Å². The van der Waals surface area contributed by atoms with E-state index in [9.17, 15) is 4.79 Å². The molecule has 3 heterocycles. The van der Waals surface area contributed by atoms with Gasteiger partial charge in [-0.25, -0.2) is 9.78 Å². The van der Waals surface area contributed by atoms with Gasteiger partial charge in [0.2, 0.25) is 11.5 Å². The summed E-state index contributed by atoms with van der Waals surface area (Å²) in [6.07, 6.45) is 3.31. The zero-order valence-electron chi connectivity index (χ0n) is 15.3. The fourth-order valence-electron chi connectivity index (χ4n) is 3.93. The van der Waals surface area contributed by atoms with Gasteiger partial charge in [0, 0.05) is 11.1 Å². The number of hydrogen-bond acceptors (Lipinski definition) is 6. The number of pyridine rings is 1. The van der Waals surface area contributed by atoms with Crippen LogP contribution in [0, 0.1) is 0 Å². The van der Waals surface area contributed by atoms with Crippen molar-refractivity contribution >= 4 is 22.8 Å². The number of benzene rings is 1. The summed E-state index contributed by atoms with van der Waals surface area (Å²) in [7, 11) is 0. The van der Waals surface area contributed by atoms with Gasteiger partial charge >= 0.3 is 5.97 Å². The van der Waals surface area contributed by atoms with Crippen molar-refractivity contribution in [2.45, 2.75) is 19.8 Å². The first-order valence-electron chi connectivity index (χ1n) is 9.23. The monoisotopic (exact) mass is 374 g/mol. The second-order valence-electron chi connectivity index (χ2n) is 6.69. The van der Waals surface area contributed by atoms with Crippen LogP contribution >= 0.6 is 0 Å². The maximum Gasteiger partial charge on any atom is 0.376 e. The van der Waals surface area contributed by atoms with Gasteiger partial charge in [0.15, 0.2) is 0 Å². The molecule has 0 saturated heterocycles. The van der Waals surface area contributed by atoms with Crippen LogP contribution in [0.4, 0.5) is 5.69 Å². The van der Waals surface area contributed by atoms with E-state index < -0.39 is 5.97 Å². The summed E-state index contributed by atoms with van der Waals surface area (Å²) in [4.78, 5) is 17.1. The molecule has 6 heteroatoms. The fourth-order valence-corrected chi connectivity index (χ4v) is 3.93. The van der Waals surface area contributed by atoms with Gasteiger partial charge in [-0.2, -0.15) is 0 Å². The highest BCUT2D eigenvalue weighted by Gasteiger charge is 2.30. The van der Waals surface area contributed by atoms with E-state index in [1.54, 1.807) is 13.2 Å². The third kappa shape index (κ3) is 2.34. The molecule has 4 aromatic rings. The molecule has 0 radical (unpaired) electrons. The molecule has 0 aliphatic heterocycles. The second-order valence-corrected chi connectivity index (χ2v) is 6.69. The topological polar surface area (TPSA) is 91.5 Å². The number of ether oxygens (including phenoxy) is 1. The Bertz CT molecular complexity index is 1210. The number of rotatable bonds is 3. The number of nitrogens with two attached hydrogens (primary N) is 1. The molecule has 0 saturated carbocycles. The molecule has 1 aliphatic rings. The average Bonchev–Trinajstić information content (AvgIpc) is 3.35. The minimum atomic E-state index is -0.596. The third-order valence-electron chi connectivity index (χ3n) is 5.12. The number of furan rings is 2. The van der Waals surface area contributed by atoms with Crippen molar-refractivity contribution in [3.63, 3.8) is 0 Å². The van der Waals surface area contributed by atoms with E-state index in [-0.39, 0.29) is 18.1 Å². The lowest BCUT2D eigenvalue weighted by Crippen LogP contribution is -2.08. The van der Waals surface area contributed by atoms with E-state index in [4.69, 9.17) is 24.3 Å². The van der Waals surface area contributed by atoms with Crippen LogP contribution in [-0.2, 0) is 17.6 Å². The van der Waals surface area contributed by atoms with Crippen LogP contribution < -0.4 is 5.73 Å². The van der Waals surface area contributed by atoms with E-state index in [1.807, 2.05) is 24.3 Å². The summed E-state index contributed by atoms with van der Waals surface area (Å²) in [5.41, 5.74) is 11.9. The SMILES string of the molecule is CCOC(=O)c1oc2nc3c(c(-c4ccco4)c2c1N)CCc1ccccc1-3. The largest absolute Gasteiger partial charge is 0.464 e. The molecule has 3 aromatic heterocycles. The molecule has 140 valence electrons. The van der Waals surface area contributed by atoms with E-state index in [0.717, 1.165) is 35.2 Å². The lowest BCUT2D eigenvalue weighted by molar-refractivity contribution is 0.0494. The molecule has 28 heavy (non-hydrogen) atoms. The normalized spacial score (nSPS) is 12.6. The van der Waals surface area contributed by atoms with Gasteiger partial charge in [0.05, 0.1) is 29.6 Å². The smallest absolute Gasteiger partial charge is 0.376 e. The van der Waals surface area contributed by atoms with E-state index in [1.165, 1.54) is 5.56 Å². The molecule has 0 amide bonds. The summed E-state index contributed by atoms with van der Waals surface area (Å²) in [5, 5.41) is 0.594. The number of fused-ring (bicyclic) bond motifs is 4. The second kappa shape index (κ2) is 6.27. The minimum Gasteiger partial charge on any atom is -0.464 e. The highest BCUT2D eigenvalue weighted by Crippen LogP contribution is 2.44. The number of nitrogen functional groups attached to an aromatic ring is 1. The molecule has 6 nitrogen and oxygen atoms in total. The van der Waals surface area contributed by atoms with Crippen LogP contribution in [0.1, 0.15) is 28.6 Å². The van der Waals surface area contributed by atoms with Crippen molar-refractivity contribution < 1.29 is 18.4 Å². The van der Waals surface area contributed by atoms with Crippen LogP contribution in [-0.4, -0.2) is 17.6 Å². The van der Waals surface area contributed by atoms with Gasteiger partial charge in [0.25, 0.3) is 0 Å². The van der Waals surface area contributed by atoms with E-state index in [0.29, 0.717) is 16.9 Å². The third-order valence-corrected chi connectivity index (χ3v) is 5.12. The van der Waals surface area contributed by atoms with Gasteiger partial charge in [-0.15, -0.1) is 0 Å². The van der Waals surface area contributed by atoms with Crippen molar-refractivity contribution in [3.8, 4) is 22.6 Å². The predicted molar refractivity (Wildman–Crippen MR) is 105 cm³/mol. The molecular weight excluding hydrogens is 356 g/mol. The van der Waals surface area contributed by atoms with Crippen molar-refractivity contribution in [2.24, 2.45) is 0 Å². The number of anilines is 1. The first-order valence-corrected chi connectivity index (χ1v) is 9.23. The molecule has 0 fully saturated rings. The molecule has 2 N–H and O–H groups in total. The summed E-state index contributed by atoms with van der Waals surface area (Å²) in [5.74, 6) is 0.0560. The van der Waals surface area contributed by atoms with Crippen LogP contribution in [0.15, 0.2) is 51.5 Å². The van der Waals surface area contributed by atoms with Gasteiger partial charge in [-0.05, 0) is 43.0 Å².